The Balaban J connectivity index is 1.49. The molecule has 0 aromatic rings. The summed E-state index contributed by atoms with van der Waals surface area (Å²) in [6.07, 6.45) is -1.07. The fourth-order valence-corrected chi connectivity index (χ4v) is 17.3. The summed E-state index contributed by atoms with van der Waals surface area (Å²) in [5.74, 6) is -6.56. The van der Waals surface area contributed by atoms with Gasteiger partial charge in [-0.15, -0.1) is 0 Å². The van der Waals surface area contributed by atoms with Crippen LogP contribution in [0.25, 0.3) is 0 Å². The zero-order chi connectivity index (χ0) is 63.7. The molecule has 0 unspecified atom stereocenters. The summed E-state index contributed by atoms with van der Waals surface area (Å²) < 4.78 is 39.2. The minimum atomic E-state index is -2.69. The van der Waals surface area contributed by atoms with E-state index in [4.69, 9.17) is 28.4 Å². The van der Waals surface area contributed by atoms with E-state index in [-0.39, 0.29) is 12.8 Å². The molecule has 18 heteroatoms. The number of rotatable bonds is 17. The molecule has 0 bridgehead atoms. The molecule has 0 aromatic carbocycles. The van der Waals surface area contributed by atoms with Crippen molar-refractivity contribution in [1.82, 2.24) is 31.9 Å². The first kappa shape index (κ1) is 69.7. The van der Waals surface area contributed by atoms with Gasteiger partial charge in [-0.3, -0.25) is 28.8 Å². The third-order valence-electron chi connectivity index (χ3n) is 18.0. The number of unbranched alkanes of at least 4 members (excludes halogenated alkanes) is 1. The van der Waals surface area contributed by atoms with Gasteiger partial charge in [0.05, 0.1) is 0 Å². The van der Waals surface area contributed by atoms with E-state index in [1.165, 1.54) is 0 Å². The lowest BCUT2D eigenvalue weighted by atomic mass is 9.76. The SMILES string of the molecule is CC1(C)CC(OC(=O)C(CCCCC(C(=O)OC2CC(C)(C)NC(C)(C)C2)(C(=O)OC2CC(C)(C)NC(C)(C)C2)C(=O)OC2CC(C)(C)NC(C)(C)C2)(C(=O)OC2CC(C)(C)NC(C)(C)C2)C(=O)OC2CC(C)(C)NC(C)(C)C2)CC(C)(C)N1. The van der Waals surface area contributed by atoms with E-state index in [2.05, 4.69) is 31.9 Å². The maximum absolute atomic E-state index is 15.8. The third kappa shape index (κ3) is 18.1. The molecule has 482 valence electrons. The monoisotopic (exact) mass is 1180 g/mol. The van der Waals surface area contributed by atoms with Crippen molar-refractivity contribution >= 4 is 35.8 Å². The Kier molecular flexibility index (Phi) is 19.5. The van der Waals surface area contributed by atoms with Gasteiger partial charge in [0.1, 0.15) is 36.6 Å². The second-order valence-corrected chi connectivity index (χ2v) is 35.0. The Morgan fingerprint density at radius 3 is 0.464 bits per heavy atom. The number of nitrogens with one attached hydrogen (secondary N) is 6. The summed E-state index contributed by atoms with van der Waals surface area (Å²) in [7, 11) is 0. The van der Waals surface area contributed by atoms with E-state index in [1.54, 1.807) is 0 Å². The van der Waals surface area contributed by atoms with Crippen LogP contribution < -0.4 is 31.9 Å². The quantitative estimate of drug-likeness (QED) is 0.0345. The first-order valence-electron chi connectivity index (χ1n) is 31.7. The van der Waals surface area contributed by atoms with Gasteiger partial charge in [-0.25, -0.2) is 0 Å². The second kappa shape index (κ2) is 23.5. The van der Waals surface area contributed by atoms with Gasteiger partial charge in [0, 0.05) is 144 Å². The highest BCUT2D eigenvalue weighted by Crippen LogP contribution is 2.44. The van der Waals surface area contributed by atoms with E-state index in [1.807, 2.05) is 166 Å². The van der Waals surface area contributed by atoms with E-state index >= 15 is 28.8 Å². The number of carbonyl (C=O) groups excluding carboxylic acids is 6. The summed E-state index contributed by atoms with van der Waals surface area (Å²) in [4.78, 5) is 94.9. The third-order valence-corrected chi connectivity index (χ3v) is 18.0. The number of ether oxygens (including phenoxy) is 6. The number of piperidine rings is 6. The predicted octanol–water partition coefficient (Wildman–Crippen LogP) is 9.63. The predicted molar refractivity (Wildman–Crippen MR) is 326 cm³/mol. The van der Waals surface area contributed by atoms with Crippen molar-refractivity contribution in [3.05, 3.63) is 0 Å². The number of hydrogen-bond acceptors (Lipinski definition) is 18. The molecule has 0 atom stereocenters. The average Bonchev–Trinajstić information content (AvgIpc) is 1.24. The first-order chi connectivity index (χ1) is 37.7. The Labute approximate surface area is 505 Å². The lowest BCUT2D eigenvalue weighted by Crippen LogP contribution is -2.62. The minimum absolute atomic E-state index is 0.168. The fraction of sp³-hybridized carbons (Fsp3) is 0.909. The van der Waals surface area contributed by atoms with Gasteiger partial charge < -0.3 is 60.3 Å². The Morgan fingerprint density at radius 2 is 0.357 bits per heavy atom. The molecule has 6 fully saturated rings. The van der Waals surface area contributed by atoms with Crippen molar-refractivity contribution in [1.29, 1.82) is 0 Å². The van der Waals surface area contributed by atoms with Crippen molar-refractivity contribution in [3.8, 4) is 0 Å². The molecule has 6 aliphatic heterocycles. The fourth-order valence-electron chi connectivity index (χ4n) is 17.3. The molecule has 6 aliphatic rings. The summed E-state index contributed by atoms with van der Waals surface area (Å²) in [6, 6.07) is 0. The van der Waals surface area contributed by atoms with Crippen LogP contribution in [-0.2, 0) is 57.2 Å². The van der Waals surface area contributed by atoms with E-state index < -0.39 is 163 Å². The van der Waals surface area contributed by atoms with Crippen LogP contribution in [0.1, 0.15) is 269 Å². The van der Waals surface area contributed by atoms with Crippen LogP contribution in [0.2, 0.25) is 0 Å². The standard InChI is InChI=1S/C66H116N6O12/c1-53(2)29-41(30-54(3,4)67-53)79-47(73)65(48(74)80-42-31-55(5,6)68-56(7,8)32-42,49(75)81-43-33-57(9,10)69-58(11,12)34-43)27-25-26-28-66(50(76)82-44-35-59(13,14)70-60(15,16)36-44,51(77)83-45-37-61(17,18)71-62(19,20)38-45)52(78)84-46-39-63(21,22)72-64(23,24)40-46/h41-46,67-72H,25-40H2,1-24H3. The molecule has 0 spiro atoms. The number of hydrogen-bond donors (Lipinski definition) is 6. The highest BCUT2D eigenvalue weighted by Gasteiger charge is 2.63. The minimum Gasteiger partial charge on any atom is -0.461 e. The largest absolute Gasteiger partial charge is 0.461 e. The normalized spacial score (nSPS) is 27.3. The van der Waals surface area contributed by atoms with Crippen LogP contribution in [0.15, 0.2) is 0 Å². The van der Waals surface area contributed by atoms with Gasteiger partial charge in [0.2, 0.25) is 0 Å². The molecule has 84 heavy (non-hydrogen) atoms. The highest BCUT2D eigenvalue weighted by molar-refractivity contribution is 6.19. The zero-order valence-electron chi connectivity index (χ0n) is 56.7. The van der Waals surface area contributed by atoms with E-state index in [0.717, 1.165) is 0 Å². The van der Waals surface area contributed by atoms with E-state index in [0.29, 0.717) is 77.0 Å². The van der Waals surface area contributed by atoms with Crippen LogP contribution in [0, 0.1) is 10.8 Å². The zero-order valence-corrected chi connectivity index (χ0v) is 56.7. The second-order valence-electron chi connectivity index (χ2n) is 35.0. The average molecular weight is 1190 g/mol. The molecule has 6 saturated heterocycles. The Bertz CT molecular complexity index is 1940. The van der Waals surface area contributed by atoms with E-state index in [9.17, 15) is 0 Å². The molecule has 6 rings (SSSR count). The van der Waals surface area contributed by atoms with Crippen LogP contribution in [0.5, 0.6) is 0 Å². The van der Waals surface area contributed by atoms with Crippen molar-refractivity contribution in [2.24, 2.45) is 10.8 Å². The molecule has 0 saturated carbocycles. The maximum Gasteiger partial charge on any atom is 0.335 e. The Hall–Kier alpha value is -3.42. The molecule has 0 aliphatic carbocycles. The highest BCUT2D eigenvalue weighted by atomic mass is 16.6. The van der Waals surface area contributed by atoms with Crippen molar-refractivity contribution in [2.75, 3.05) is 0 Å². The molecule has 0 radical (unpaired) electrons. The van der Waals surface area contributed by atoms with Crippen LogP contribution in [0.4, 0.5) is 0 Å². The summed E-state index contributed by atoms with van der Waals surface area (Å²) in [6.45, 7) is 48.5. The molecular formula is C66H116N6O12. The van der Waals surface area contributed by atoms with Crippen LogP contribution >= 0.6 is 0 Å². The maximum atomic E-state index is 15.8. The Morgan fingerprint density at radius 1 is 0.250 bits per heavy atom. The number of carbonyl (C=O) groups is 6. The van der Waals surface area contributed by atoms with Gasteiger partial charge in [0.25, 0.3) is 10.8 Å². The lowest BCUT2D eigenvalue weighted by Gasteiger charge is -2.48. The van der Waals surface area contributed by atoms with Gasteiger partial charge in [-0.2, -0.15) is 0 Å². The van der Waals surface area contributed by atoms with Gasteiger partial charge in [0.15, 0.2) is 0 Å². The number of esters is 6. The van der Waals surface area contributed by atoms with Crippen molar-refractivity contribution in [2.45, 2.75) is 372 Å². The van der Waals surface area contributed by atoms with Crippen LogP contribution in [-0.4, -0.2) is 139 Å². The van der Waals surface area contributed by atoms with Gasteiger partial charge in [-0.05, 0) is 179 Å². The van der Waals surface area contributed by atoms with Gasteiger partial charge in [-0.1, -0.05) is 12.8 Å². The van der Waals surface area contributed by atoms with Crippen molar-refractivity contribution < 1.29 is 57.2 Å². The molecule has 18 nitrogen and oxygen atoms in total. The summed E-state index contributed by atoms with van der Waals surface area (Å²) in [5, 5.41) is 21.8. The first-order valence-corrected chi connectivity index (χ1v) is 31.7. The molecule has 6 N–H and O–H groups in total. The molecule has 6 heterocycles. The lowest BCUT2D eigenvalue weighted by molar-refractivity contribution is -0.200. The van der Waals surface area contributed by atoms with Gasteiger partial charge >= 0.3 is 35.8 Å². The summed E-state index contributed by atoms with van der Waals surface area (Å²) >= 11 is 0. The summed E-state index contributed by atoms with van der Waals surface area (Å²) in [5.41, 5.74) is -11.3. The van der Waals surface area contributed by atoms with Crippen LogP contribution in [0.3, 0.4) is 0 Å². The molecule has 0 aromatic heterocycles. The van der Waals surface area contributed by atoms with Crippen molar-refractivity contribution in [3.63, 3.8) is 0 Å². The molecular weight excluding hydrogens is 1070 g/mol. The molecule has 0 amide bonds. The smallest absolute Gasteiger partial charge is 0.335 e. The topological polar surface area (TPSA) is 230 Å².